The van der Waals surface area contributed by atoms with Crippen LogP contribution in [0.1, 0.15) is 13.8 Å². The molecular formula is C11H22N2O3S2. The Morgan fingerprint density at radius 1 is 1.50 bits per heavy atom. The van der Waals surface area contributed by atoms with Crippen molar-refractivity contribution in [2.45, 2.75) is 19.2 Å². The van der Waals surface area contributed by atoms with Crippen molar-refractivity contribution in [2.24, 2.45) is 17.6 Å². The Hall–Kier alpha value is -0.270. The highest BCUT2D eigenvalue weighted by molar-refractivity contribution is 8.00. The molecule has 1 heterocycles. The van der Waals surface area contributed by atoms with Gasteiger partial charge < -0.3 is 10.6 Å². The molecule has 0 aliphatic carbocycles. The number of nitrogens with two attached hydrogens (primary N) is 1. The number of rotatable bonds is 4. The molecule has 0 bridgehead atoms. The minimum Gasteiger partial charge on any atom is -0.330 e. The van der Waals surface area contributed by atoms with Gasteiger partial charge in [-0.1, -0.05) is 13.8 Å². The SMILES string of the molecule is CC(C)C(CN)C(=O)N1CCSCC1S(C)(=O)=O. The van der Waals surface area contributed by atoms with Crippen LogP contribution in [0.2, 0.25) is 0 Å². The monoisotopic (exact) mass is 294 g/mol. The Bertz CT molecular complexity index is 395. The van der Waals surface area contributed by atoms with Crippen LogP contribution in [0.4, 0.5) is 0 Å². The number of hydrogen-bond acceptors (Lipinski definition) is 5. The zero-order valence-electron chi connectivity index (χ0n) is 11.1. The maximum absolute atomic E-state index is 12.4. The second-order valence-corrected chi connectivity index (χ2v) is 8.33. The van der Waals surface area contributed by atoms with Gasteiger partial charge in [0.15, 0.2) is 9.84 Å². The van der Waals surface area contributed by atoms with E-state index in [1.807, 2.05) is 13.8 Å². The van der Waals surface area contributed by atoms with E-state index in [-0.39, 0.29) is 24.3 Å². The number of carbonyl (C=O) groups is 1. The number of sulfone groups is 1. The molecule has 5 nitrogen and oxygen atoms in total. The first kappa shape index (κ1) is 15.8. The number of amides is 1. The largest absolute Gasteiger partial charge is 0.330 e. The highest BCUT2D eigenvalue weighted by Crippen LogP contribution is 2.24. The summed E-state index contributed by atoms with van der Waals surface area (Å²) < 4.78 is 23.5. The molecule has 2 atom stereocenters. The number of hydrogen-bond donors (Lipinski definition) is 1. The van der Waals surface area contributed by atoms with Gasteiger partial charge in [-0.05, 0) is 5.92 Å². The zero-order valence-corrected chi connectivity index (χ0v) is 12.8. The van der Waals surface area contributed by atoms with E-state index in [0.29, 0.717) is 12.3 Å². The number of thioether (sulfide) groups is 1. The van der Waals surface area contributed by atoms with E-state index in [2.05, 4.69) is 0 Å². The summed E-state index contributed by atoms with van der Waals surface area (Å²) in [6.07, 6.45) is 1.19. The van der Waals surface area contributed by atoms with E-state index in [0.717, 1.165) is 5.75 Å². The summed E-state index contributed by atoms with van der Waals surface area (Å²) in [7, 11) is -3.24. The Morgan fingerprint density at radius 2 is 2.11 bits per heavy atom. The molecule has 0 spiro atoms. The predicted molar refractivity (Wildman–Crippen MR) is 75.1 cm³/mol. The lowest BCUT2D eigenvalue weighted by Crippen LogP contribution is -2.53. The van der Waals surface area contributed by atoms with Crippen molar-refractivity contribution < 1.29 is 13.2 Å². The van der Waals surface area contributed by atoms with Crippen LogP contribution in [0.15, 0.2) is 0 Å². The highest BCUT2D eigenvalue weighted by Gasteiger charge is 2.37. The number of nitrogens with zero attached hydrogens (tertiary/aromatic N) is 1. The molecule has 1 saturated heterocycles. The van der Waals surface area contributed by atoms with Crippen LogP contribution in [0.5, 0.6) is 0 Å². The average Bonchev–Trinajstić information content (AvgIpc) is 2.28. The first-order valence-corrected chi connectivity index (χ1v) is 9.17. The molecular weight excluding hydrogens is 272 g/mol. The third kappa shape index (κ3) is 3.61. The second kappa shape index (κ2) is 6.25. The Labute approximate surface area is 113 Å². The maximum atomic E-state index is 12.4. The molecule has 106 valence electrons. The van der Waals surface area contributed by atoms with Crippen molar-refractivity contribution in [3.63, 3.8) is 0 Å². The maximum Gasteiger partial charge on any atom is 0.228 e. The molecule has 0 aromatic carbocycles. The summed E-state index contributed by atoms with van der Waals surface area (Å²) in [4.78, 5) is 13.9. The van der Waals surface area contributed by atoms with E-state index in [4.69, 9.17) is 5.73 Å². The van der Waals surface area contributed by atoms with E-state index < -0.39 is 15.2 Å². The van der Waals surface area contributed by atoms with Crippen molar-refractivity contribution in [1.29, 1.82) is 0 Å². The van der Waals surface area contributed by atoms with Gasteiger partial charge in [0.1, 0.15) is 5.37 Å². The van der Waals surface area contributed by atoms with Crippen molar-refractivity contribution >= 4 is 27.5 Å². The molecule has 18 heavy (non-hydrogen) atoms. The van der Waals surface area contributed by atoms with Crippen LogP contribution in [0.3, 0.4) is 0 Å². The summed E-state index contributed by atoms with van der Waals surface area (Å²) in [5.74, 6) is 0.950. The standard InChI is InChI=1S/C11H22N2O3S2/c1-8(2)9(6-12)11(14)13-4-5-17-7-10(13)18(3,15)16/h8-10H,4-7,12H2,1-3H3. The summed E-state index contributed by atoms with van der Waals surface area (Å²) in [6, 6.07) is 0. The molecule has 1 amide bonds. The molecule has 0 aromatic rings. The van der Waals surface area contributed by atoms with E-state index in [1.165, 1.54) is 11.2 Å². The van der Waals surface area contributed by atoms with Crippen LogP contribution in [0, 0.1) is 11.8 Å². The third-order valence-electron chi connectivity index (χ3n) is 3.24. The Kier molecular flexibility index (Phi) is 5.48. The van der Waals surface area contributed by atoms with Crippen molar-refractivity contribution in [1.82, 2.24) is 4.90 Å². The molecule has 2 N–H and O–H groups in total. The topological polar surface area (TPSA) is 80.5 Å². The lowest BCUT2D eigenvalue weighted by molar-refractivity contribution is -0.137. The molecule has 2 unspecified atom stereocenters. The lowest BCUT2D eigenvalue weighted by Gasteiger charge is -2.37. The third-order valence-corrected chi connectivity index (χ3v) is 5.88. The van der Waals surface area contributed by atoms with Crippen molar-refractivity contribution in [2.75, 3.05) is 30.9 Å². The summed E-state index contributed by atoms with van der Waals surface area (Å²) in [5.41, 5.74) is 5.63. The van der Waals surface area contributed by atoms with Gasteiger partial charge in [-0.2, -0.15) is 11.8 Å². The minimum absolute atomic E-state index is 0.122. The summed E-state index contributed by atoms with van der Waals surface area (Å²) >= 11 is 1.57. The van der Waals surface area contributed by atoms with Crippen molar-refractivity contribution in [3.8, 4) is 0 Å². The first-order valence-electron chi connectivity index (χ1n) is 6.06. The fourth-order valence-electron chi connectivity index (χ4n) is 2.06. The molecule has 7 heteroatoms. The van der Waals surface area contributed by atoms with Crippen LogP contribution < -0.4 is 5.73 Å². The Balaban J connectivity index is 2.93. The van der Waals surface area contributed by atoms with Crippen LogP contribution in [-0.4, -0.2) is 55.4 Å². The van der Waals surface area contributed by atoms with Gasteiger partial charge in [-0.15, -0.1) is 0 Å². The molecule has 1 aliphatic rings. The van der Waals surface area contributed by atoms with Gasteiger partial charge >= 0.3 is 0 Å². The van der Waals surface area contributed by atoms with Gasteiger partial charge in [0.2, 0.25) is 5.91 Å². The van der Waals surface area contributed by atoms with Gasteiger partial charge in [-0.25, -0.2) is 8.42 Å². The van der Waals surface area contributed by atoms with Gasteiger partial charge in [-0.3, -0.25) is 4.79 Å². The van der Waals surface area contributed by atoms with Crippen LogP contribution in [0.25, 0.3) is 0 Å². The lowest BCUT2D eigenvalue weighted by atomic mass is 9.94. The average molecular weight is 294 g/mol. The van der Waals surface area contributed by atoms with E-state index >= 15 is 0 Å². The van der Waals surface area contributed by atoms with E-state index in [9.17, 15) is 13.2 Å². The van der Waals surface area contributed by atoms with Gasteiger partial charge in [0, 0.05) is 30.9 Å². The molecule has 1 rings (SSSR count). The van der Waals surface area contributed by atoms with Gasteiger partial charge in [0.25, 0.3) is 0 Å². The van der Waals surface area contributed by atoms with E-state index in [1.54, 1.807) is 11.8 Å². The Morgan fingerprint density at radius 3 is 2.56 bits per heavy atom. The van der Waals surface area contributed by atoms with Crippen LogP contribution >= 0.6 is 11.8 Å². The highest BCUT2D eigenvalue weighted by atomic mass is 32.2. The number of carbonyl (C=O) groups excluding carboxylic acids is 1. The zero-order chi connectivity index (χ0) is 13.9. The van der Waals surface area contributed by atoms with Gasteiger partial charge in [0.05, 0.1) is 5.92 Å². The smallest absolute Gasteiger partial charge is 0.228 e. The minimum atomic E-state index is -3.24. The quantitative estimate of drug-likeness (QED) is 0.799. The van der Waals surface area contributed by atoms with Crippen LogP contribution in [-0.2, 0) is 14.6 Å². The summed E-state index contributed by atoms with van der Waals surface area (Å²) in [6.45, 7) is 4.62. The second-order valence-electron chi connectivity index (χ2n) is 4.98. The fourth-order valence-corrected chi connectivity index (χ4v) is 4.88. The normalized spacial score (nSPS) is 23.2. The molecule has 1 aliphatic heterocycles. The fraction of sp³-hybridized carbons (Fsp3) is 0.909. The van der Waals surface area contributed by atoms with Crippen molar-refractivity contribution in [3.05, 3.63) is 0 Å². The predicted octanol–water partition coefficient (Wildman–Crippen LogP) is 0.163. The molecule has 1 fully saturated rings. The summed E-state index contributed by atoms with van der Waals surface area (Å²) in [5, 5.41) is -0.698. The molecule has 0 radical (unpaired) electrons. The molecule has 0 aromatic heterocycles. The molecule has 0 saturated carbocycles. The first-order chi connectivity index (χ1) is 8.29.